The molecule has 0 aliphatic carbocycles. The van der Waals surface area contributed by atoms with Crippen LogP contribution >= 0.6 is 0 Å². The molecule has 0 aromatic heterocycles. The maximum Gasteiger partial charge on any atom is 0.119 e. The molecule has 0 saturated carbocycles. The van der Waals surface area contributed by atoms with Crippen LogP contribution in [0.1, 0.15) is 56.9 Å². The molecular weight excluding hydrogens is 308 g/mol. The molecular formula is C22H36N2O. The van der Waals surface area contributed by atoms with Gasteiger partial charge in [-0.1, -0.05) is 49.6 Å². The van der Waals surface area contributed by atoms with Crippen LogP contribution in [0, 0.1) is 0 Å². The van der Waals surface area contributed by atoms with Gasteiger partial charge >= 0.3 is 0 Å². The molecule has 0 amide bonds. The van der Waals surface area contributed by atoms with E-state index in [1.54, 1.807) is 0 Å². The molecule has 1 aromatic rings. The van der Waals surface area contributed by atoms with Crippen molar-refractivity contribution in [2.45, 2.75) is 57.8 Å². The summed E-state index contributed by atoms with van der Waals surface area (Å²) in [6.07, 6.45) is 11.9. The van der Waals surface area contributed by atoms with Gasteiger partial charge in [-0.3, -0.25) is 0 Å². The first-order valence-corrected chi connectivity index (χ1v) is 10.3. The van der Waals surface area contributed by atoms with Crippen molar-refractivity contribution in [3.05, 3.63) is 35.9 Å². The SMILES string of the molecule is O=CCCCCCN1CCN(CCCCCCc2ccccc2)CC1. The van der Waals surface area contributed by atoms with Gasteiger partial charge in [0.15, 0.2) is 0 Å². The summed E-state index contributed by atoms with van der Waals surface area (Å²) in [5.74, 6) is 0. The Morgan fingerprint density at radius 3 is 1.88 bits per heavy atom. The Hall–Kier alpha value is -1.19. The molecule has 3 nitrogen and oxygen atoms in total. The largest absolute Gasteiger partial charge is 0.303 e. The first-order chi connectivity index (χ1) is 12.4. The van der Waals surface area contributed by atoms with Gasteiger partial charge in [0.05, 0.1) is 0 Å². The first-order valence-electron chi connectivity index (χ1n) is 10.3. The summed E-state index contributed by atoms with van der Waals surface area (Å²) in [5.41, 5.74) is 1.48. The third-order valence-electron chi connectivity index (χ3n) is 5.29. The number of nitrogens with zero attached hydrogens (tertiary/aromatic N) is 2. The van der Waals surface area contributed by atoms with Gasteiger partial charge in [-0.25, -0.2) is 0 Å². The van der Waals surface area contributed by atoms with E-state index in [1.165, 1.54) is 89.8 Å². The van der Waals surface area contributed by atoms with Gasteiger partial charge in [0.1, 0.15) is 6.29 Å². The molecule has 1 aliphatic rings. The lowest BCUT2D eigenvalue weighted by atomic mass is 10.1. The van der Waals surface area contributed by atoms with E-state index in [9.17, 15) is 4.79 Å². The number of unbranched alkanes of at least 4 members (excludes halogenated alkanes) is 6. The van der Waals surface area contributed by atoms with Gasteiger partial charge in [-0.2, -0.15) is 0 Å². The van der Waals surface area contributed by atoms with Gasteiger partial charge in [0.2, 0.25) is 0 Å². The van der Waals surface area contributed by atoms with E-state index in [0.29, 0.717) is 0 Å². The van der Waals surface area contributed by atoms with Crippen molar-refractivity contribution < 1.29 is 4.79 Å². The van der Waals surface area contributed by atoms with E-state index in [2.05, 4.69) is 40.1 Å². The van der Waals surface area contributed by atoms with Gasteiger partial charge in [0.25, 0.3) is 0 Å². The van der Waals surface area contributed by atoms with Crippen molar-refractivity contribution in [2.24, 2.45) is 0 Å². The molecule has 25 heavy (non-hydrogen) atoms. The number of hydrogen-bond donors (Lipinski definition) is 0. The van der Waals surface area contributed by atoms with E-state index >= 15 is 0 Å². The van der Waals surface area contributed by atoms with Crippen molar-refractivity contribution in [3.63, 3.8) is 0 Å². The maximum atomic E-state index is 10.3. The predicted molar refractivity (Wildman–Crippen MR) is 106 cm³/mol. The number of hydrogen-bond acceptors (Lipinski definition) is 3. The second-order valence-electron chi connectivity index (χ2n) is 7.35. The minimum atomic E-state index is 0.735. The summed E-state index contributed by atoms with van der Waals surface area (Å²) >= 11 is 0. The molecule has 1 aliphatic heterocycles. The van der Waals surface area contributed by atoms with Crippen LogP contribution in [0.25, 0.3) is 0 Å². The van der Waals surface area contributed by atoms with E-state index in [1.807, 2.05) is 0 Å². The monoisotopic (exact) mass is 344 g/mol. The summed E-state index contributed by atoms with van der Waals surface area (Å²) < 4.78 is 0. The van der Waals surface area contributed by atoms with Crippen LogP contribution in [-0.4, -0.2) is 55.4 Å². The Morgan fingerprint density at radius 1 is 0.720 bits per heavy atom. The van der Waals surface area contributed by atoms with E-state index < -0.39 is 0 Å². The summed E-state index contributed by atoms with van der Waals surface area (Å²) in [6.45, 7) is 7.41. The predicted octanol–water partition coefficient (Wildman–Crippen LogP) is 4.17. The quantitative estimate of drug-likeness (QED) is 0.396. The molecule has 1 aromatic carbocycles. The summed E-state index contributed by atoms with van der Waals surface area (Å²) in [5, 5.41) is 0. The number of piperazine rings is 1. The zero-order valence-electron chi connectivity index (χ0n) is 15.9. The molecule has 1 saturated heterocycles. The summed E-state index contributed by atoms with van der Waals surface area (Å²) in [6, 6.07) is 10.8. The Balaban J connectivity index is 1.41. The van der Waals surface area contributed by atoms with Crippen LogP contribution in [0.3, 0.4) is 0 Å². The van der Waals surface area contributed by atoms with Crippen molar-refractivity contribution in [3.8, 4) is 0 Å². The fourth-order valence-corrected chi connectivity index (χ4v) is 3.64. The Bertz CT molecular complexity index is 441. The molecule has 1 fully saturated rings. The summed E-state index contributed by atoms with van der Waals surface area (Å²) in [7, 11) is 0. The van der Waals surface area contributed by atoms with E-state index in [4.69, 9.17) is 0 Å². The minimum Gasteiger partial charge on any atom is -0.303 e. The molecule has 0 radical (unpaired) electrons. The highest BCUT2D eigenvalue weighted by Crippen LogP contribution is 2.10. The molecule has 0 N–H and O–H groups in total. The van der Waals surface area contributed by atoms with Crippen LogP contribution in [0.2, 0.25) is 0 Å². The molecule has 0 unspecified atom stereocenters. The molecule has 0 atom stereocenters. The third kappa shape index (κ3) is 9.18. The number of aldehydes is 1. The van der Waals surface area contributed by atoms with Crippen LogP contribution in [0.15, 0.2) is 30.3 Å². The molecule has 140 valence electrons. The minimum absolute atomic E-state index is 0.735. The topological polar surface area (TPSA) is 23.6 Å². The molecule has 0 bridgehead atoms. The van der Waals surface area contributed by atoms with E-state index in [-0.39, 0.29) is 0 Å². The van der Waals surface area contributed by atoms with Gasteiger partial charge in [-0.15, -0.1) is 0 Å². The highest BCUT2D eigenvalue weighted by atomic mass is 16.1. The second kappa shape index (κ2) is 13.1. The van der Waals surface area contributed by atoms with Crippen molar-refractivity contribution in [1.29, 1.82) is 0 Å². The number of rotatable bonds is 13. The zero-order valence-corrected chi connectivity index (χ0v) is 15.9. The van der Waals surface area contributed by atoms with Crippen molar-refractivity contribution in [2.75, 3.05) is 39.3 Å². The van der Waals surface area contributed by atoms with Crippen molar-refractivity contribution in [1.82, 2.24) is 9.80 Å². The molecule has 0 spiro atoms. The highest BCUT2D eigenvalue weighted by Gasteiger charge is 2.15. The van der Waals surface area contributed by atoms with Gasteiger partial charge in [-0.05, 0) is 50.8 Å². The fourth-order valence-electron chi connectivity index (χ4n) is 3.64. The number of carbonyl (C=O) groups excluding carboxylic acids is 1. The van der Waals surface area contributed by atoms with E-state index in [0.717, 1.165) is 19.1 Å². The number of carbonyl (C=O) groups is 1. The Morgan fingerprint density at radius 2 is 1.28 bits per heavy atom. The van der Waals surface area contributed by atoms with Crippen LogP contribution in [0.5, 0.6) is 0 Å². The number of benzene rings is 1. The standard InChI is InChI=1S/C22H36N2O/c25-21-11-4-3-10-16-24-19-17-23(18-20-24)15-9-2-1-6-12-22-13-7-5-8-14-22/h5,7-8,13-14,21H,1-4,6,9-12,15-20H2. The molecule has 3 heteroatoms. The Labute approximate surface area is 154 Å². The maximum absolute atomic E-state index is 10.3. The lowest BCUT2D eigenvalue weighted by Gasteiger charge is -2.34. The molecule has 1 heterocycles. The third-order valence-corrected chi connectivity index (χ3v) is 5.29. The average Bonchev–Trinajstić information content (AvgIpc) is 2.66. The first kappa shape index (κ1) is 20.1. The van der Waals surface area contributed by atoms with Crippen molar-refractivity contribution >= 4 is 6.29 Å². The average molecular weight is 345 g/mol. The molecule has 2 rings (SSSR count). The van der Waals surface area contributed by atoms with Gasteiger partial charge < -0.3 is 14.6 Å². The number of aryl methyl sites for hydroxylation is 1. The Kier molecular flexibility index (Phi) is 10.5. The lowest BCUT2D eigenvalue weighted by molar-refractivity contribution is -0.107. The lowest BCUT2D eigenvalue weighted by Crippen LogP contribution is -2.46. The van der Waals surface area contributed by atoms with Gasteiger partial charge in [0, 0.05) is 32.6 Å². The normalized spacial score (nSPS) is 16.2. The highest BCUT2D eigenvalue weighted by molar-refractivity contribution is 5.48. The van der Waals surface area contributed by atoms with Crippen LogP contribution in [0.4, 0.5) is 0 Å². The zero-order chi connectivity index (χ0) is 17.6. The van der Waals surface area contributed by atoms with Crippen LogP contribution in [-0.2, 0) is 11.2 Å². The second-order valence-corrected chi connectivity index (χ2v) is 7.35. The summed E-state index contributed by atoms with van der Waals surface area (Å²) in [4.78, 5) is 15.5. The smallest absolute Gasteiger partial charge is 0.119 e. The fraction of sp³-hybridized carbons (Fsp3) is 0.682. The van der Waals surface area contributed by atoms with Crippen LogP contribution < -0.4 is 0 Å².